The van der Waals surface area contributed by atoms with E-state index in [9.17, 15) is 0 Å². The average molecular weight is 421 g/mol. The van der Waals surface area contributed by atoms with Gasteiger partial charge >= 0.3 is 0 Å². The van der Waals surface area contributed by atoms with E-state index in [-0.39, 0.29) is 0 Å². The van der Waals surface area contributed by atoms with Crippen LogP contribution in [0.5, 0.6) is 0 Å². The minimum Gasteiger partial charge on any atom is -0.355 e. The van der Waals surface area contributed by atoms with Gasteiger partial charge in [0.05, 0.1) is 33.3 Å². The molecule has 0 atom stereocenters. The van der Waals surface area contributed by atoms with E-state index in [0.717, 1.165) is 56.0 Å². The lowest BCUT2D eigenvalue weighted by atomic mass is 10.0. The summed E-state index contributed by atoms with van der Waals surface area (Å²) in [4.78, 5) is 16.5. The molecule has 148 valence electrons. The number of nitrogens with one attached hydrogen (secondary N) is 2. The van der Waals surface area contributed by atoms with Gasteiger partial charge < -0.3 is 9.97 Å². The summed E-state index contributed by atoms with van der Waals surface area (Å²) in [5, 5.41) is 0.585. The van der Waals surface area contributed by atoms with Crippen molar-refractivity contribution >= 4 is 58.0 Å². The Hall–Kier alpha value is -3.89. The molecule has 1 aromatic carbocycles. The van der Waals surface area contributed by atoms with Gasteiger partial charge in [-0.15, -0.1) is 0 Å². The van der Waals surface area contributed by atoms with Crippen LogP contribution in [0.3, 0.4) is 0 Å². The molecule has 4 aromatic rings. The Morgan fingerprint density at radius 3 is 2.00 bits per heavy atom. The van der Waals surface area contributed by atoms with Gasteiger partial charge in [0.15, 0.2) is 0 Å². The number of aromatic amines is 2. The molecule has 31 heavy (non-hydrogen) atoms. The molecule has 6 rings (SSSR count). The quantitative estimate of drug-likeness (QED) is 0.301. The molecule has 3 aromatic heterocycles. The highest BCUT2D eigenvalue weighted by molar-refractivity contribution is 6.35. The monoisotopic (exact) mass is 420 g/mol. The van der Waals surface area contributed by atoms with Gasteiger partial charge in [-0.25, -0.2) is 9.97 Å². The molecule has 0 unspecified atom stereocenters. The third-order valence-electron chi connectivity index (χ3n) is 5.40. The van der Waals surface area contributed by atoms with Crippen molar-refractivity contribution in [1.82, 2.24) is 19.9 Å². The number of hydrogen-bond acceptors (Lipinski definition) is 2. The van der Waals surface area contributed by atoms with Gasteiger partial charge in [-0.3, -0.25) is 0 Å². The molecule has 0 spiro atoms. The van der Waals surface area contributed by atoms with E-state index in [1.54, 1.807) is 0 Å². The van der Waals surface area contributed by atoms with Crippen molar-refractivity contribution in [3.05, 3.63) is 94.5 Å². The molecular weight excluding hydrogens is 404 g/mol. The molecule has 0 saturated heterocycles. The molecule has 2 aliphatic rings. The van der Waals surface area contributed by atoms with Gasteiger partial charge in [-0.05, 0) is 66.3 Å². The summed E-state index contributed by atoms with van der Waals surface area (Å²) in [6, 6.07) is 22.4. The van der Waals surface area contributed by atoms with Gasteiger partial charge in [-0.1, -0.05) is 41.9 Å². The Bertz CT molecular complexity index is 1540. The molecule has 0 saturated carbocycles. The van der Waals surface area contributed by atoms with Gasteiger partial charge in [0.1, 0.15) is 0 Å². The van der Waals surface area contributed by atoms with Crippen LogP contribution in [0, 0.1) is 0 Å². The Morgan fingerprint density at radius 1 is 0.613 bits per heavy atom. The van der Waals surface area contributed by atoms with Crippen LogP contribution in [0.4, 0.5) is 0 Å². The van der Waals surface area contributed by atoms with E-state index < -0.39 is 0 Å². The van der Waals surface area contributed by atoms with Crippen molar-refractivity contribution in [3.63, 3.8) is 0 Å². The molecule has 0 fully saturated rings. The highest BCUT2D eigenvalue weighted by atomic mass is 35.5. The van der Waals surface area contributed by atoms with Crippen molar-refractivity contribution in [3.8, 4) is 11.1 Å². The number of aromatic nitrogens is 4. The maximum atomic E-state index is 6.72. The second kappa shape index (κ2) is 7.11. The number of nitrogens with zero attached hydrogens (tertiary/aromatic N) is 2. The van der Waals surface area contributed by atoms with Crippen LogP contribution in [0.2, 0.25) is 5.02 Å². The van der Waals surface area contributed by atoms with E-state index in [0.29, 0.717) is 5.02 Å². The summed E-state index contributed by atoms with van der Waals surface area (Å²) >= 11 is 6.72. The maximum Gasteiger partial charge on any atom is 0.0897 e. The summed E-state index contributed by atoms with van der Waals surface area (Å²) in [7, 11) is 0. The molecule has 4 nitrogen and oxygen atoms in total. The Morgan fingerprint density at radius 2 is 1.26 bits per heavy atom. The Kier molecular flexibility index (Phi) is 4.11. The van der Waals surface area contributed by atoms with Crippen molar-refractivity contribution in [2.24, 2.45) is 0 Å². The van der Waals surface area contributed by atoms with Crippen molar-refractivity contribution in [1.29, 1.82) is 0 Å². The van der Waals surface area contributed by atoms with E-state index >= 15 is 0 Å². The SMILES string of the molecule is Clc1c2nc(c(-c3ccccc3)c3ccc(cc4nc(cc5ccc1[nH]5)C=C4)[nH]3)C=C2. The summed E-state index contributed by atoms with van der Waals surface area (Å²) in [5.74, 6) is 0. The molecular formula is C26H17ClN4. The fourth-order valence-corrected chi connectivity index (χ4v) is 4.16. The first-order valence-electron chi connectivity index (χ1n) is 10.0. The first-order valence-corrected chi connectivity index (χ1v) is 10.4. The Labute approximate surface area is 183 Å². The number of H-pyrrole nitrogens is 2. The van der Waals surface area contributed by atoms with Crippen LogP contribution in [0.1, 0.15) is 22.8 Å². The third kappa shape index (κ3) is 3.27. The number of fused-ring (bicyclic) bond motifs is 8. The predicted molar refractivity (Wildman–Crippen MR) is 129 cm³/mol. The zero-order valence-electron chi connectivity index (χ0n) is 16.4. The molecule has 5 heterocycles. The lowest BCUT2D eigenvalue weighted by molar-refractivity contribution is 1.31. The van der Waals surface area contributed by atoms with Gasteiger partial charge in [-0.2, -0.15) is 0 Å². The van der Waals surface area contributed by atoms with Crippen LogP contribution in [-0.4, -0.2) is 19.9 Å². The average Bonchev–Trinajstić information content (AvgIpc) is 3.58. The fraction of sp³-hybridized carbons (Fsp3) is 0. The largest absolute Gasteiger partial charge is 0.355 e. The molecule has 5 heteroatoms. The molecule has 2 aliphatic heterocycles. The van der Waals surface area contributed by atoms with Crippen LogP contribution in [0.25, 0.3) is 57.5 Å². The third-order valence-corrected chi connectivity index (χ3v) is 5.79. The van der Waals surface area contributed by atoms with Crippen LogP contribution >= 0.6 is 11.6 Å². The molecule has 0 radical (unpaired) electrons. The zero-order valence-corrected chi connectivity index (χ0v) is 17.2. The normalized spacial score (nSPS) is 12.4. The Balaban J connectivity index is 1.76. The smallest absolute Gasteiger partial charge is 0.0897 e. The minimum atomic E-state index is 0.585. The van der Waals surface area contributed by atoms with Crippen molar-refractivity contribution in [2.45, 2.75) is 0 Å². The first-order chi connectivity index (χ1) is 15.2. The number of hydrogen-bond donors (Lipinski definition) is 2. The summed E-state index contributed by atoms with van der Waals surface area (Å²) in [6.45, 7) is 0. The number of halogens is 1. The van der Waals surface area contributed by atoms with E-state index in [2.05, 4.69) is 34.2 Å². The highest BCUT2D eigenvalue weighted by Gasteiger charge is 2.12. The van der Waals surface area contributed by atoms with E-state index in [1.807, 2.05) is 66.8 Å². The topological polar surface area (TPSA) is 57.4 Å². The summed E-state index contributed by atoms with van der Waals surface area (Å²) < 4.78 is 0. The maximum absolute atomic E-state index is 6.72. The second-order valence-corrected chi connectivity index (χ2v) is 7.89. The van der Waals surface area contributed by atoms with Crippen molar-refractivity contribution in [2.75, 3.05) is 0 Å². The van der Waals surface area contributed by atoms with Gasteiger partial charge in [0.2, 0.25) is 0 Å². The molecule has 0 aliphatic carbocycles. The van der Waals surface area contributed by atoms with Crippen molar-refractivity contribution < 1.29 is 0 Å². The number of rotatable bonds is 1. The van der Waals surface area contributed by atoms with Crippen LogP contribution < -0.4 is 0 Å². The summed E-state index contributed by atoms with van der Waals surface area (Å²) in [5.41, 5.74) is 9.25. The molecule has 2 N–H and O–H groups in total. The van der Waals surface area contributed by atoms with Gasteiger partial charge in [0, 0.05) is 22.1 Å². The predicted octanol–water partition coefficient (Wildman–Crippen LogP) is 6.98. The van der Waals surface area contributed by atoms with E-state index in [4.69, 9.17) is 21.6 Å². The molecule has 0 amide bonds. The number of benzene rings is 1. The summed E-state index contributed by atoms with van der Waals surface area (Å²) in [6.07, 6.45) is 8.00. The standard InChI is InChI=1S/C26H17ClN4/c27-26-23-11-9-20(30-23)15-18-7-6-17(28-18)14-19-8-10-21(29-19)25(16-4-2-1-3-5-16)22-12-13-24(26)31-22/h1-15,29-30H. The van der Waals surface area contributed by atoms with E-state index in [1.165, 1.54) is 0 Å². The van der Waals surface area contributed by atoms with Crippen LogP contribution in [-0.2, 0) is 0 Å². The highest BCUT2D eigenvalue weighted by Crippen LogP contribution is 2.31. The first kappa shape index (κ1) is 17.9. The molecule has 8 bridgehead atoms. The second-order valence-electron chi connectivity index (χ2n) is 7.51. The fourth-order valence-electron chi connectivity index (χ4n) is 3.95. The lowest BCUT2D eigenvalue weighted by Crippen LogP contribution is -1.85. The van der Waals surface area contributed by atoms with Gasteiger partial charge in [0.25, 0.3) is 0 Å². The lowest BCUT2D eigenvalue weighted by Gasteiger charge is -2.03. The zero-order chi connectivity index (χ0) is 20.8. The van der Waals surface area contributed by atoms with Crippen LogP contribution in [0.15, 0.2) is 66.7 Å². The minimum absolute atomic E-state index is 0.585.